The molecule has 0 atom stereocenters. The van der Waals surface area contributed by atoms with Gasteiger partial charge < -0.3 is 19.9 Å². The first-order chi connectivity index (χ1) is 14.5. The quantitative estimate of drug-likeness (QED) is 0.581. The number of thiocarbonyl (C=S) groups is 1. The normalized spacial score (nSPS) is 14.8. The van der Waals surface area contributed by atoms with Gasteiger partial charge >= 0.3 is 0 Å². The number of primary amides is 1. The Balaban J connectivity index is 1.48. The summed E-state index contributed by atoms with van der Waals surface area (Å²) in [5.41, 5.74) is 7.63. The molecular weight excluding hydrogens is 418 g/mol. The van der Waals surface area contributed by atoms with Gasteiger partial charge in [-0.15, -0.1) is 0 Å². The summed E-state index contributed by atoms with van der Waals surface area (Å²) >= 11 is 11.8. The maximum atomic E-state index is 11.4. The molecule has 156 valence electrons. The van der Waals surface area contributed by atoms with Crippen LogP contribution in [0.15, 0.2) is 54.7 Å². The number of aromatic nitrogens is 1. The molecule has 30 heavy (non-hydrogen) atoms. The van der Waals surface area contributed by atoms with Crippen molar-refractivity contribution in [1.29, 1.82) is 0 Å². The van der Waals surface area contributed by atoms with Crippen LogP contribution in [0.2, 0.25) is 5.02 Å². The summed E-state index contributed by atoms with van der Waals surface area (Å²) in [4.78, 5) is 14.5. The lowest BCUT2D eigenvalue weighted by atomic mass is 9.96. The average molecular weight is 442 g/mol. The molecule has 1 saturated heterocycles. The molecule has 4 rings (SSSR count). The van der Waals surface area contributed by atoms with E-state index in [1.807, 2.05) is 36.4 Å². The largest absolute Gasteiger partial charge is 0.492 e. The van der Waals surface area contributed by atoms with Crippen LogP contribution in [0.5, 0.6) is 5.75 Å². The van der Waals surface area contributed by atoms with Crippen molar-refractivity contribution in [2.24, 2.45) is 11.7 Å². The van der Waals surface area contributed by atoms with Crippen LogP contribution in [0, 0.1) is 5.92 Å². The van der Waals surface area contributed by atoms with Gasteiger partial charge in [0.1, 0.15) is 17.3 Å². The number of nitrogens with zero attached hydrogens (tertiary/aromatic N) is 2. The monoisotopic (exact) mass is 441 g/mol. The Morgan fingerprint density at radius 3 is 2.53 bits per heavy atom. The molecule has 1 fully saturated rings. The number of rotatable bonds is 6. The minimum Gasteiger partial charge on any atom is -0.492 e. The van der Waals surface area contributed by atoms with E-state index in [0.29, 0.717) is 18.2 Å². The standard InChI is InChI=1S/C23H24ClN3O2S/c24-17-5-7-18(8-6-17)29-14-13-27-15-20(19-3-1-2-4-21(19)27)23(30)26-11-9-16(10-12-26)22(25)28/h1-8,15-16H,9-14H2,(H2,25,28). The second kappa shape index (κ2) is 9.06. The number of carbonyl (C=O) groups is 1. The van der Waals surface area contributed by atoms with Gasteiger partial charge in [-0.05, 0) is 43.2 Å². The molecule has 0 bridgehead atoms. The third-order valence-corrected chi connectivity index (χ3v) is 6.35. The van der Waals surface area contributed by atoms with Crippen LogP contribution in [0.3, 0.4) is 0 Å². The Bertz CT molecular complexity index is 1060. The molecule has 3 aromatic rings. The molecule has 0 radical (unpaired) electrons. The molecule has 2 aromatic carbocycles. The van der Waals surface area contributed by atoms with Crippen molar-refractivity contribution in [2.75, 3.05) is 19.7 Å². The first kappa shape index (κ1) is 20.7. The molecule has 1 amide bonds. The van der Waals surface area contributed by atoms with Gasteiger partial charge in [0.15, 0.2) is 0 Å². The topological polar surface area (TPSA) is 60.5 Å². The zero-order chi connectivity index (χ0) is 21.1. The van der Waals surface area contributed by atoms with Gasteiger partial charge in [0, 0.05) is 46.7 Å². The highest BCUT2D eigenvalue weighted by atomic mass is 35.5. The number of piperidine rings is 1. The number of fused-ring (bicyclic) bond motifs is 1. The van der Waals surface area contributed by atoms with Crippen molar-refractivity contribution in [3.63, 3.8) is 0 Å². The Hall–Kier alpha value is -2.57. The van der Waals surface area contributed by atoms with Crippen LogP contribution >= 0.6 is 23.8 Å². The number of ether oxygens (including phenoxy) is 1. The number of benzene rings is 2. The maximum absolute atomic E-state index is 11.4. The highest BCUT2D eigenvalue weighted by Crippen LogP contribution is 2.26. The van der Waals surface area contributed by atoms with Crippen LogP contribution in [-0.2, 0) is 11.3 Å². The number of amides is 1. The number of para-hydroxylation sites is 1. The molecule has 0 spiro atoms. The Morgan fingerprint density at radius 2 is 1.83 bits per heavy atom. The van der Waals surface area contributed by atoms with Crippen LogP contribution < -0.4 is 10.5 Å². The predicted molar refractivity (Wildman–Crippen MR) is 124 cm³/mol. The Labute approximate surface area is 186 Å². The number of halogens is 1. The fraction of sp³-hybridized carbons (Fsp3) is 0.304. The lowest BCUT2D eigenvalue weighted by Gasteiger charge is -2.32. The molecule has 1 aliphatic heterocycles. The zero-order valence-electron chi connectivity index (χ0n) is 16.6. The van der Waals surface area contributed by atoms with Crippen LogP contribution in [0.4, 0.5) is 0 Å². The number of hydrogen-bond donors (Lipinski definition) is 1. The van der Waals surface area contributed by atoms with E-state index in [9.17, 15) is 4.79 Å². The highest BCUT2D eigenvalue weighted by molar-refractivity contribution is 7.80. The number of hydrogen-bond acceptors (Lipinski definition) is 3. The van der Waals surface area contributed by atoms with Crippen molar-refractivity contribution in [3.8, 4) is 5.75 Å². The molecule has 7 heteroatoms. The predicted octanol–water partition coefficient (Wildman–Crippen LogP) is 4.25. The average Bonchev–Trinajstić information content (AvgIpc) is 3.13. The lowest BCUT2D eigenvalue weighted by molar-refractivity contribution is -0.122. The maximum Gasteiger partial charge on any atom is 0.220 e. The fourth-order valence-electron chi connectivity index (χ4n) is 3.93. The summed E-state index contributed by atoms with van der Waals surface area (Å²) in [6.45, 7) is 2.75. The van der Waals surface area contributed by atoms with Gasteiger partial charge in [-0.1, -0.05) is 42.0 Å². The van der Waals surface area contributed by atoms with E-state index in [4.69, 9.17) is 34.3 Å². The third kappa shape index (κ3) is 4.45. The second-order valence-corrected chi connectivity index (χ2v) is 8.35. The van der Waals surface area contributed by atoms with Crippen molar-refractivity contribution < 1.29 is 9.53 Å². The minimum absolute atomic E-state index is 0.0459. The van der Waals surface area contributed by atoms with Crippen molar-refractivity contribution >= 4 is 45.6 Å². The second-order valence-electron chi connectivity index (χ2n) is 7.52. The smallest absolute Gasteiger partial charge is 0.220 e. The van der Waals surface area contributed by atoms with Gasteiger partial charge in [0.05, 0.1) is 6.54 Å². The zero-order valence-corrected chi connectivity index (χ0v) is 18.2. The van der Waals surface area contributed by atoms with Gasteiger partial charge in [-0.3, -0.25) is 4.79 Å². The first-order valence-electron chi connectivity index (χ1n) is 10.1. The number of likely N-dealkylation sites (tertiary alicyclic amines) is 1. The van der Waals surface area contributed by atoms with E-state index in [-0.39, 0.29) is 11.8 Å². The summed E-state index contributed by atoms with van der Waals surface area (Å²) in [6.07, 6.45) is 3.62. The lowest BCUT2D eigenvalue weighted by Crippen LogP contribution is -2.41. The molecule has 0 aliphatic carbocycles. The van der Waals surface area contributed by atoms with E-state index in [1.54, 1.807) is 0 Å². The fourth-order valence-corrected chi connectivity index (χ4v) is 4.40. The summed E-state index contributed by atoms with van der Waals surface area (Å²) in [5, 5.41) is 1.82. The third-order valence-electron chi connectivity index (χ3n) is 5.62. The van der Waals surface area contributed by atoms with E-state index >= 15 is 0 Å². The van der Waals surface area contributed by atoms with E-state index in [0.717, 1.165) is 53.1 Å². The molecule has 1 aromatic heterocycles. The van der Waals surface area contributed by atoms with E-state index < -0.39 is 0 Å². The van der Waals surface area contributed by atoms with Crippen LogP contribution in [0.25, 0.3) is 10.9 Å². The van der Waals surface area contributed by atoms with Gasteiger partial charge in [-0.2, -0.15) is 0 Å². The van der Waals surface area contributed by atoms with Crippen LogP contribution in [0.1, 0.15) is 18.4 Å². The number of nitrogens with two attached hydrogens (primary N) is 1. The summed E-state index contributed by atoms with van der Waals surface area (Å²) in [7, 11) is 0. The summed E-state index contributed by atoms with van der Waals surface area (Å²) in [5.74, 6) is 0.539. The van der Waals surface area contributed by atoms with E-state index in [2.05, 4.69) is 27.8 Å². The van der Waals surface area contributed by atoms with Gasteiger partial charge in [-0.25, -0.2) is 0 Å². The van der Waals surface area contributed by atoms with E-state index in [1.165, 1.54) is 0 Å². The molecular formula is C23H24ClN3O2S. The Morgan fingerprint density at radius 1 is 1.13 bits per heavy atom. The molecule has 0 unspecified atom stereocenters. The van der Waals surface area contributed by atoms with Crippen LogP contribution in [-0.4, -0.2) is 40.1 Å². The first-order valence-corrected chi connectivity index (χ1v) is 10.9. The molecule has 5 nitrogen and oxygen atoms in total. The summed E-state index contributed by atoms with van der Waals surface area (Å²) in [6, 6.07) is 15.6. The number of carbonyl (C=O) groups excluding carboxylic acids is 1. The van der Waals surface area contributed by atoms with Crippen molar-refractivity contribution in [2.45, 2.75) is 19.4 Å². The highest BCUT2D eigenvalue weighted by Gasteiger charge is 2.26. The van der Waals surface area contributed by atoms with Gasteiger partial charge in [0.2, 0.25) is 5.91 Å². The van der Waals surface area contributed by atoms with Gasteiger partial charge in [0.25, 0.3) is 0 Å². The molecule has 0 saturated carbocycles. The van der Waals surface area contributed by atoms with Crippen molar-refractivity contribution in [1.82, 2.24) is 9.47 Å². The molecule has 2 heterocycles. The SMILES string of the molecule is NC(=O)C1CCN(C(=S)c2cn(CCOc3ccc(Cl)cc3)c3ccccc23)CC1. The molecule has 2 N–H and O–H groups in total. The molecule has 1 aliphatic rings. The summed E-state index contributed by atoms with van der Waals surface area (Å²) < 4.78 is 8.05. The Kier molecular flexibility index (Phi) is 6.25. The van der Waals surface area contributed by atoms with Crippen molar-refractivity contribution in [3.05, 3.63) is 65.3 Å². The minimum atomic E-state index is -0.210.